The first-order valence-corrected chi connectivity index (χ1v) is 10.1. The predicted octanol–water partition coefficient (Wildman–Crippen LogP) is 4.13. The molecule has 6 nitrogen and oxygen atoms in total. The molecule has 1 saturated heterocycles. The number of rotatable bonds is 6. The maximum absolute atomic E-state index is 13.1. The lowest BCUT2D eigenvalue weighted by atomic mass is 10.0. The Balaban J connectivity index is 1.82. The molecular weight excluding hydrogens is 366 g/mol. The van der Waals surface area contributed by atoms with Crippen molar-refractivity contribution in [2.45, 2.75) is 39.2 Å². The molecule has 3 rings (SSSR count). The van der Waals surface area contributed by atoms with E-state index in [1.165, 1.54) is 13.3 Å². The van der Waals surface area contributed by atoms with Crippen LogP contribution in [-0.4, -0.2) is 32.0 Å². The Bertz CT molecular complexity index is 858. The zero-order valence-corrected chi connectivity index (χ0v) is 17.3. The van der Waals surface area contributed by atoms with Crippen LogP contribution >= 0.6 is 0 Å². The van der Waals surface area contributed by atoms with Crippen LogP contribution in [0.15, 0.2) is 42.5 Å². The summed E-state index contributed by atoms with van der Waals surface area (Å²) in [5.74, 6) is 0.538. The molecule has 29 heavy (non-hydrogen) atoms. The van der Waals surface area contributed by atoms with Crippen LogP contribution < -0.4 is 20.3 Å². The maximum Gasteiger partial charge on any atom is 0.253 e. The van der Waals surface area contributed by atoms with Gasteiger partial charge in [-0.25, -0.2) is 0 Å². The van der Waals surface area contributed by atoms with E-state index in [9.17, 15) is 9.59 Å². The number of nitrogens with one attached hydrogen (secondary N) is 2. The third-order valence-electron chi connectivity index (χ3n) is 5.22. The second-order valence-corrected chi connectivity index (χ2v) is 7.43. The first-order valence-electron chi connectivity index (χ1n) is 10.1. The third kappa shape index (κ3) is 5.28. The van der Waals surface area contributed by atoms with Crippen LogP contribution in [-0.2, 0) is 4.79 Å². The number of anilines is 2. The van der Waals surface area contributed by atoms with E-state index < -0.39 is 0 Å². The number of amides is 2. The van der Waals surface area contributed by atoms with Crippen molar-refractivity contribution in [3.05, 3.63) is 53.6 Å². The van der Waals surface area contributed by atoms with Crippen LogP contribution in [0, 0.1) is 0 Å². The monoisotopic (exact) mass is 395 g/mol. The molecule has 1 heterocycles. The average Bonchev–Trinajstić information content (AvgIpc) is 2.73. The molecule has 1 aliphatic rings. The average molecular weight is 396 g/mol. The van der Waals surface area contributed by atoms with E-state index in [-0.39, 0.29) is 17.9 Å². The van der Waals surface area contributed by atoms with Crippen LogP contribution in [0.5, 0.6) is 5.75 Å². The molecule has 0 aromatic heterocycles. The molecule has 1 aliphatic heterocycles. The highest BCUT2D eigenvalue weighted by Gasteiger charge is 2.21. The van der Waals surface area contributed by atoms with Gasteiger partial charge in [-0.05, 0) is 62.1 Å². The molecule has 1 fully saturated rings. The fourth-order valence-corrected chi connectivity index (χ4v) is 3.65. The van der Waals surface area contributed by atoms with Gasteiger partial charge < -0.3 is 20.3 Å². The van der Waals surface area contributed by atoms with Gasteiger partial charge in [0.05, 0.1) is 24.4 Å². The summed E-state index contributed by atoms with van der Waals surface area (Å²) in [4.78, 5) is 26.8. The minimum Gasteiger partial charge on any atom is -0.497 e. The van der Waals surface area contributed by atoms with E-state index in [4.69, 9.17) is 4.74 Å². The van der Waals surface area contributed by atoms with Crippen LogP contribution in [0.1, 0.15) is 55.1 Å². The van der Waals surface area contributed by atoms with E-state index in [0.29, 0.717) is 11.3 Å². The van der Waals surface area contributed by atoms with Gasteiger partial charge in [0.1, 0.15) is 5.75 Å². The SMILES string of the molecule is COc1ccc(C(C)NC(=O)c2ccc(NC(C)=O)cc2N2CCCCC2)cc1. The fraction of sp³-hybridized carbons (Fsp3) is 0.391. The Hall–Kier alpha value is -3.02. The maximum atomic E-state index is 13.1. The summed E-state index contributed by atoms with van der Waals surface area (Å²) in [5, 5.41) is 5.91. The number of hydrogen-bond donors (Lipinski definition) is 2. The second-order valence-electron chi connectivity index (χ2n) is 7.43. The normalized spacial score (nSPS) is 14.8. The molecule has 0 radical (unpaired) electrons. The Morgan fingerprint density at radius 2 is 1.72 bits per heavy atom. The standard InChI is InChI=1S/C23H29N3O3/c1-16(18-7-10-20(29-3)11-8-18)24-23(28)21-12-9-19(25-17(2)27)15-22(21)26-13-5-4-6-14-26/h7-12,15-16H,4-6,13-14H2,1-3H3,(H,24,28)(H,25,27). The minimum absolute atomic E-state index is 0.122. The molecule has 0 aliphatic carbocycles. The summed E-state index contributed by atoms with van der Waals surface area (Å²) in [7, 11) is 1.63. The summed E-state index contributed by atoms with van der Waals surface area (Å²) < 4.78 is 5.20. The van der Waals surface area contributed by atoms with Crippen molar-refractivity contribution >= 4 is 23.2 Å². The molecule has 1 atom stereocenters. The minimum atomic E-state index is -0.141. The zero-order chi connectivity index (χ0) is 20.8. The van der Waals surface area contributed by atoms with Crippen molar-refractivity contribution in [1.29, 1.82) is 0 Å². The first kappa shape index (κ1) is 20.7. The quantitative estimate of drug-likeness (QED) is 0.771. The fourth-order valence-electron chi connectivity index (χ4n) is 3.65. The number of carbonyl (C=O) groups is 2. The van der Waals surface area contributed by atoms with E-state index in [1.807, 2.05) is 37.3 Å². The van der Waals surface area contributed by atoms with E-state index in [2.05, 4.69) is 15.5 Å². The van der Waals surface area contributed by atoms with Crippen LogP contribution in [0.3, 0.4) is 0 Å². The van der Waals surface area contributed by atoms with Gasteiger partial charge in [-0.1, -0.05) is 12.1 Å². The van der Waals surface area contributed by atoms with Crippen molar-refractivity contribution in [3.63, 3.8) is 0 Å². The van der Waals surface area contributed by atoms with Crippen LogP contribution in [0.25, 0.3) is 0 Å². The van der Waals surface area contributed by atoms with Crippen molar-refractivity contribution in [1.82, 2.24) is 5.32 Å². The number of ether oxygens (including phenoxy) is 1. The third-order valence-corrected chi connectivity index (χ3v) is 5.22. The molecule has 2 N–H and O–H groups in total. The predicted molar refractivity (Wildman–Crippen MR) is 116 cm³/mol. The molecule has 0 spiro atoms. The number of nitrogens with zero attached hydrogens (tertiary/aromatic N) is 1. The molecule has 2 amide bonds. The Kier molecular flexibility index (Phi) is 6.75. The van der Waals surface area contributed by atoms with Crippen molar-refractivity contribution < 1.29 is 14.3 Å². The lowest BCUT2D eigenvalue weighted by Gasteiger charge is -2.31. The van der Waals surface area contributed by atoms with Gasteiger partial charge in [0.15, 0.2) is 0 Å². The van der Waals surface area contributed by atoms with Crippen LogP contribution in [0.2, 0.25) is 0 Å². The number of hydrogen-bond acceptors (Lipinski definition) is 4. The summed E-state index contributed by atoms with van der Waals surface area (Å²) in [6.45, 7) is 5.28. The summed E-state index contributed by atoms with van der Waals surface area (Å²) in [5.41, 5.74) is 3.21. The highest BCUT2D eigenvalue weighted by molar-refractivity contribution is 6.01. The van der Waals surface area contributed by atoms with Gasteiger partial charge in [0.25, 0.3) is 5.91 Å². The van der Waals surface area contributed by atoms with Crippen molar-refractivity contribution in [3.8, 4) is 5.75 Å². The molecule has 2 aromatic carbocycles. The second kappa shape index (κ2) is 9.45. The van der Waals surface area contributed by atoms with Gasteiger partial charge in [0.2, 0.25) is 5.91 Å². The van der Waals surface area contributed by atoms with Crippen molar-refractivity contribution in [2.75, 3.05) is 30.4 Å². The highest BCUT2D eigenvalue weighted by Crippen LogP contribution is 2.28. The number of methoxy groups -OCH3 is 1. The zero-order valence-electron chi connectivity index (χ0n) is 17.3. The van der Waals surface area contributed by atoms with E-state index >= 15 is 0 Å². The Morgan fingerprint density at radius 3 is 2.34 bits per heavy atom. The largest absolute Gasteiger partial charge is 0.497 e. The Morgan fingerprint density at radius 1 is 1.03 bits per heavy atom. The van der Waals surface area contributed by atoms with Crippen molar-refractivity contribution in [2.24, 2.45) is 0 Å². The number of piperidine rings is 1. The van der Waals surface area contributed by atoms with Crippen LogP contribution in [0.4, 0.5) is 11.4 Å². The lowest BCUT2D eigenvalue weighted by Crippen LogP contribution is -2.33. The number of carbonyl (C=O) groups excluding carboxylic acids is 2. The van der Waals surface area contributed by atoms with Gasteiger partial charge >= 0.3 is 0 Å². The summed E-state index contributed by atoms with van der Waals surface area (Å²) in [6.07, 6.45) is 3.42. The molecule has 154 valence electrons. The molecule has 6 heteroatoms. The van der Waals surface area contributed by atoms with Gasteiger partial charge in [-0.2, -0.15) is 0 Å². The molecular formula is C23H29N3O3. The lowest BCUT2D eigenvalue weighted by molar-refractivity contribution is -0.114. The molecule has 0 bridgehead atoms. The number of benzene rings is 2. The van der Waals surface area contributed by atoms with Gasteiger partial charge in [0, 0.05) is 25.7 Å². The summed E-state index contributed by atoms with van der Waals surface area (Å²) >= 11 is 0. The summed E-state index contributed by atoms with van der Waals surface area (Å²) in [6, 6.07) is 13.0. The molecule has 2 aromatic rings. The highest BCUT2D eigenvalue weighted by atomic mass is 16.5. The Labute approximate surface area is 172 Å². The first-order chi connectivity index (χ1) is 14.0. The van der Waals surface area contributed by atoms with Gasteiger partial charge in [-0.15, -0.1) is 0 Å². The molecule has 0 saturated carbocycles. The van der Waals surface area contributed by atoms with E-state index in [1.54, 1.807) is 19.2 Å². The van der Waals surface area contributed by atoms with E-state index in [0.717, 1.165) is 42.9 Å². The topological polar surface area (TPSA) is 70.7 Å². The van der Waals surface area contributed by atoms with Gasteiger partial charge in [-0.3, -0.25) is 9.59 Å². The molecule has 1 unspecified atom stereocenters. The smallest absolute Gasteiger partial charge is 0.253 e.